The van der Waals surface area contributed by atoms with E-state index in [0.717, 1.165) is 11.4 Å². The SMILES string of the molecule is O=Nc1ccc(Nc2ccccc2)cc1.[NaH]. The first-order valence-corrected chi connectivity index (χ1v) is 4.64. The van der Waals surface area contributed by atoms with Crippen LogP contribution < -0.4 is 5.32 Å². The number of nitrogens with one attached hydrogen (secondary N) is 1. The van der Waals surface area contributed by atoms with Gasteiger partial charge in [0, 0.05) is 11.4 Å². The molecule has 16 heavy (non-hydrogen) atoms. The van der Waals surface area contributed by atoms with Crippen molar-refractivity contribution in [3.8, 4) is 0 Å². The standard InChI is InChI=1S/C12H10N2O.Na.H/c15-14-12-8-6-11(7-9-12)13-10-4-2-1-3-5-10;;/h1-9,13H;;. The van der Waals surface area contributed by atoms with E-state index in [-0.39, 0.29) is 29.6 Å². The first kappa shape index (κ1) is 12.9. The monoisotopic (exact) mass is 222 g/mol. The van der Waals surface area contributed by atoms with Crippen LogP contribution in [0.2, 0.25) is 0 Å². The Morgan fingerprint density at radius 1 is 0.812 bits per heavy atom. The molecule has 0 aliphatic rings. The zero-order valence-electron chi connectivity index (χ0n) is 8.05. The van der Waals surface area contributed by atoms with Crippen LogP contribution >= 0.6 is 0 Å². The minimum absolute atomic E-state index is 0. The van der Waals surface area contributed by atoms with Gasteiger partial charge in [-0.05, 0) is 41.6 Å². The number of rotatable bonds is 3. The van der Waals surface area contributed by atoms with Crippen LogP contribution in [0.25, 0.3) is 0 Å². The van der Waals surface area contributed by atoms with Crippen molar-refractivity contribution in [3.63, 3.8) is 0 Å². The Balaban J connectivity index is 0.00000128. The second-order valence-electron chi connectivity index (χ2n) is 3.13. The maximum atomic E-state index is 10.2. The van der Waals surface area contributed by atoms with E-state index in [4.69, 9.17) is 0 Å². The average molecular weight is 222 g/mol. The van der Waals surface area contributed by atoms with Gasteiger partial charge < -0.3 is 5.32 Å². The van der Waals surface area contributed by atoms with Crippen molar-refractivity contribution < 1.29 is 0 Å². The van der Waals surface area contributed by atoms with E-state index in [2.05, 4.69) is 10.5 Å². The summed E-state index contributed by atoms with van der Waals surface area (Å²) in [6.07, 6.45) is 0. The topological polar surface area (TPSA) is 41.5 Å². The van der Waals surface area contributed by atoms with Gasteiger partial charge in [-0.25, -0.2) is 0 Å². The van der Waals surface area contributed by atoms with Gasteiger partial charge in [-0.3, -0.25) is 0 Å². The summed E-state index contributed by atoms with van der Waals surface area (Å²) in [6, 6.07) is 16.8. The molecule has 0 spiro atoms. The van der Waals surface area contributed by atoms with E-state index in [1.54, 1.807) is 12.1 Å². The zero-order chi connectivity index (χ0) is 10.5. The summed E-state index contributed by atoms with van der Waals surface area (Å²) < 4.78 is 0. The average Bonchev–Trinajstić information content (AvgIpc) is 2.31. The molecular weight excluding hydrogens is 211 g/mol. The van der Waals surface area contributed by atoms with E-state index in [0.29, 0.717) is 5.69 Å². The van der Waals surface area contributed by atoms with Crippen LogP contribution in [0.5, 0.6) is 0 Å². The molecule has 76 valence electrons. The Bertz CT molecular complexity index is 442. The molecule has 0 aliphatic heterocycles. The summed E-state index contributed by atoms with van der Waals surface area (Å²) >= 11 is 0. The molecule has 0 heterocycles. The fourth-order valence-corrected chi connectivity index (χ4v) is 1.29. The first-order chi connectivity index (χ1) is 7.38. The van der Waals surface area contributed by atoms with E-state index in [1.165, 1.54) is 0 Å². The molecule has 0 aromatic heterocycles. The summed E-state index contributed by atoms with van der Waals surface area (Å²) in [6.45, 7) is 0. The number of anilines is 2. The number of hydrogen-bond acceptors (Lipinski definition) is 3. The quantitative estimate of drug-likeness (QED) is 0.640. The van der Waals surface area contributed by atoms with Crippen molar-refractivity contribution in [2.45, 2.75) is 0 Å². The number of hydrogen-bond donors (Lipinski definition) is 1. The summed E-state index contributed by atoms with van der Waals surface area (Å²) in [5.41, 5.74) is 2.39. The van der Waals surface area contributed by atoms with Gasteiger partial charge in [0.2, 0.25) is 0 Å². The molecule has 0 atom stereocenters. The Morgan fingerprint density at radius 2 is 1.38 bits per heavy atom. The molecule has 0 radical (unpaired) electrons. The zero-order valence-corrected chi connectivity index (χ0v) is 8.05. The van der Waals surface area contributed by atoms with Crippen molar-refractivity contribution in [3.05, 3.63) is 59.5 Å². The van der Waals surface area contributed by atoms with Gasteiger partial charge in [-0.1, -0.05) is 18.2 Å². The molecule has 0 aliphatic carbocycles. The Kier molecular flexibility index (Phi) is 5.19. The Labute approximate surface area is 116 Å². The van der Waals surface area contributed by atoms with E-state index < -0.39 is 0 Å². The molecule has 0 fully saturated rings. The minimum atomic E-state index is 0. The van der Waals surface area contributed by atoms with Gasteiger partial charge in [-0.2, -0.15) is 0 Å². The van der Waals surface area contributed by atoms with Crippen LogP contribution in [0, 0.1) is 4.91 Å². The number of benzene rings is 2. The van der Waals surface area contributed by atoms with Crippen molar-refractivity contribution in [2.24, 2.45) is 5.18 Å². The second kappa shape index (κ2) is 6.43. The van der Waals surface area contributed by atoms with Gasteiger partial charge in [0.25, 0.3) is 0 Å². The fourth-order valence-electron chi connectivity index (χ4n) is 1.29. The summed E-state index contributed by atoms with van der Waals surface area (Å²) in [5.74, 6) is 0. The Morgan fingerprint density at radius 3 is 1.94 bits per heavy atom. The van der Waals surface area contributed by atoms with Crippen LogP contribution in [0.4, 0.5) is 17.1 Å². The molecular formula is C12H11N2NaO. The molecule has 2 aromatic carbocycles. The summed E-state index contributed by atoms with van der Waals surface area (Å²) in [5, 5.41) is 6.05. The van der Waals surface area contributed by atoms with Crippen LogP contribution in [0.3, 0.4) is 0 Å². The van der Waals surface area contributed by atoms with E-state index in [1.807, 2.05) is 42.5 Å². The van der Waals surface area contributed by atoms with E-state index >= 15 is 0 Å². The fraction of sp³-hybridized carbons (Fsp3) is 0. The molecule has 0 saturated carbocycles. The third kappa shape index (κ3) is 3.45. The molecule has 4 heteroatoms. The molecule has 0 bridgehead atoms. The van der Waals surface area contributed by atoms with Crippen molar-refractivity contribution in [1.82, 2.24) is 0 Å². The molecule has 2 aromatic rings. The molecule has 0 unspecified atom stereocenters. The number of nitroso groups, excluding NO2 is 1. The summed E-state index contributed by atoms with van der Waals surface area (Å²) in [7, 11) is 0. The third-order valence-corrected chi connectivity index (χ3v) is 2.04. The maximum absolute atomic E-state index is 10.2. The normalized spacial score (nSPS) is 9.00. The molecule has 2 rings (SSSR count). The van der Waals surface area contributed by atoms with Crippen LogP contribution in [0.1, 0.15) is 0 Å². The number of nitrogens with zero attached hydrogens (tertiary/aromatic N) is 1. The Hall–Kier alpha value is -1.16. The number of para-hydroxylation sites is 1. The van der Waals surface area contributed by atoms with Gasteiger partial charge in [0.15, 0.2) is 0 Å². The predicted octanol–water partition coefficient (Wildman–Crippen LogP) is 3.18. The van der Waals surface area contributed by atoms with Crippen LogP contribution in [-0.4, -0.2) is 29.6 Å². The molecule has 0 amide bonds. The molecule has 1 N–H and O–H groups in total. The van der Waals surface area contributed by atoms with Crippen molar-refractivity contribution in [2.75, 3.05) is 5.32 Å². The van der Waals surface area contributed by atoms with Gasteiger partial charge in [0.1, 0.15) is 5.69 Å². The summed E-state index contributed by atoms with van der Waals surface area (Å²) in [4.78, 5) is 10.2. The van der Waals surface area contributed by atoms with Crippen LogP contribution in [-0.2, 0) is 0 Å². The second-order valence-corrected chi connectivity index (χ2v) is 3.13. The van der Waals surface area contributed by atoms with Gasteiger partial charge >= 0.3 is 29.6 Å². The van der Waals surface area contributed by atoms with Crippen LogP contribution in [0.15, 0.2) is 59.8 Å². The first-order valence-electron chi connectivity index (χ1n) is 4.64. The third-order valence-electron chi connectivity index (χ3n) is 2.04. The van der Waals surface area contributed by atoms with E-state index in [9.17, 15) is 4.91 Å². The van der Waals surface area contributed by atoms with Gasteiger partial charge in [-0.15, -0.1) is 4.91 Å². The predicted molar refractivity (Wildman–Crippen MR) is 68.8 cm³/mol. The molecule has 0 saturated heterocycles. The van der Waals surface area contributed by atoms with Gasteiger partial charge in [0.05, 0.1) is 0 Å². The molecule has 3 nitrogen and oxygen atoms in total. The van der Waals surface area contributed by atoms with Crippen molar-refractivity contribution >= 4 is 46.6 Å². The van der Waals surface area contributed by atoms with Crippen molar-refractivity contribution in [1.29, 1.82) is 0 Å².